The summed E-state index contributed by atoms with van der Waals surface area (Å²) in [6.07, 6.45) is 0. The van der Waals surface area contributed by atoms with Crippen LogP contribution in [0.5, 0.6) is 0 Å². The SMILES string of the molecule is CC(=Nc1c(C)c(C)c(N)c(C)c1C)c1cccc(C(C)=Nc2c(C)c(C)c(N)c(C)c2C)n1.CC(=Nc1c(C)c(C)c(N)c(C)c1C)c1cccc(C(C)=Nc2c(C)c(C)c(N)c(C)c2C)n1.[Cl][Fe][Cl]. The summed E-state index contributed by atoms with van der Waals surface area (Å²) in [5.74, 6) is 0. The number of halogens is 2. The number of nitrogens with zero attached hydrogens (tertiary/aromatic N) is 6. The van der Waals surface area contributed by atoms with Gasteiger partial charge in [0, 0.05) is 22.7 Å². The van der Waals surface area contributed by atoms with Crippen LogP contribution in [0.2, 0.25) is 0 Å². The molecule has 0 saturated carbocycles. The molecule has 0 spiro atoms. The molecule has 0 atom stereocenters. The van der Waals surface area contributed by atoms with Crippen molar-refractivity contribution < 1.29 is 13.1 Å². The molecular weight excluding hydrogens is 963 g/mol. The molecule has 0 saturated heterocycles. The zero-order valence-electron chi connectivity index (χ0n) is 45.6. The van der Waals surface area contributed by atoms with E-state index in [9.17, 15) is 0 Å². The second kappa shape index (κ2) is 24.1. The molecule has 0 bridgehead atoms. The number of hydrogen-bond acceptors (Lipinski definition) is 10. The van der Waals surface area contributed by atoms with Gasteiger partial charge in [-0.1, -0.05) is 12.1 Å². The standard InChI is InChI=1S/2C29H37N5.2ClH.Fe/c2*1-14-18(5)28(19(6)15(2)26(14)30)32-22(9)24-12-11-13-25(34-24)23(10)33-29-20(7)16(3)27(31)17(4)21(29)8;;;/h2*11-13H,30-31H2,1-10H3;2*1H;/q;;;;+2/p-2. The van der Waals surface area contributed by atoms with E-state index in [0.717, 1.165) is 180 Å². The van der Waals surface area contributed by atoms with Crippen molar-refractivity contribution in [2.45, 2.75) is 138 Å². The number of anilines is 4. The molecule has 0 aliphatic heterocycles. The van der Waals surface area contributed by atoms with Crippen molar-refractivity contribution in [2.75, 3.05) is 22.9 Å². The van der Waals surface area contributed by atoms with Gasteiger partial charge in [0.1, 0.15) is 0 Å². The third-order valence-corrected chi connectivity index (χ3v) is 14.7. The summed E-state index contributed by atoms with van der Waals surface area (Å²) >= 11 is 0.194. The van der Waals surface area contributed by atoms with Crippen molar-refractivity contribution in [2.24, 2.45) is 20.0 Å². The Morgan fingerprint density at radius 2 is 0.465 bits per heavy atom. The summed E-state index contributed by atoms with van der Waals surface area (Å²) in [5, 5.41) is 0. The Balaban J connectivity index is 0.000000292. The van der Waals surface area contributed by atoms with Crippen LogP contribution in [-0.2, 0) is 13.1 Å². The van der Waals surface area contributed by atoms with Gasteiger partial charge >= 0.3 is 33.3 Å². The molecule has 2 heterocycles. The van der Waals surface area contributed by atoms with E-state index < -0.39 is 0 Å². The molecule has 378 valence electrons. The van der Waals surface area contributed by atoms with Crippen LogP contribution < -0.4 is 22.9 Å². The average Bonchev–Trinajstić information content (AvgIpc) is 3.36. The number of aliphatic imine (C=N–C) groups is 4. The van der Waals surface area contributed by atoms with E-state index in [1.54, 1.807) is 0 Å². The minimum absolute atomic E-state index is 0.194. The van der Waals surface area contributed by atoms with Crippen LogP contribution in [0.15, 0.2) is 56.4 Å². The summed E-state index contributed by atoms with van der Waals surface area (Å²) in [6.45, 7) is 41.0. The third kappa shape index (κ3) is 12.3. The van der Waals surface area contributed by atoms with Crippen molar-refractivity contribution in [1.29, 1.82) is 0 Å². The van der Waals surface area contributed by atoms with Crippen molar-refractivity contribution >= 4 is 88.5 Å². The van der Waals surface area contributed by atoms with E-state index in [4.69, 9.17) is 73.1 Å². The molecule has 13 heteroatoms. The summed E-state index contributed by atoms with van der Waals surface area (Å²) in [5.41, 5.74) is 56.6. The van der Waals surface area contributed by atoms with E-state index in [1.807, 2.05) is 64.1 Å². The molecule has 2 aromatic heterocycles. The number of hydrogen-bond donors (Lipinski definition) is 4. The summed E-state index contributed by atoms with van der Waals surface area (Å²) in [6, 6.07) is 12.0. The molecule has 10 nitrogen and oxygen atoms in total. The van der Waals surface area contributed by atoms with Gasteiger partial charge in [0.2, 0.25) is 0 Å². The topological polar surface area (TPSA) is 179 Å². The molecule has 71 heavy (non-hydrogen) atoms. The molecule has 6 aromatic rings. The Labute approximate surface area is 438 Å². The molecule has 4 aromatic carbocycles. The van der Waals surface area contributed by atoms with Crippen molar-refractivity contribution in [3.63, 3.8) is 0 Å². The zero-order chi connectivity index (χ0) is 53.7. The fourth-order valence-corrected chi connectivity index (χ4v) is 8.53. The van der Waals surface area contributed by atoms with E-state index in [2.05, 4.69) is 111 Å². The van der Waals surface area contributed by atoms with Crippen LogP contribution in [0.1, 0.15) is 139 Å². The van der Waals surface area contributed by atoms with Crippen LogP contribution in [0.3, 0.4) is 0 Å². The van der Waals surface area contributed by atoms with E-state index in [1.165, 1.54) is 0 Å². The summed E-state index contributed by atoms with van der Waals surface area (Å²) < 4.78 is 0. The number of nitrogen functional groups attached to an aromatic ring is 4. The number of aromatic nitrogens is 2. The van der Waals surface area contributed by atoms with E-state index >= 15 is 0 Å². The maximum atomic E-state index is 6.28. The first-order chi connectivity index (χ1) is 33.1. The van der Waals surface area contributed by atoms with Gasteiger partial charge in [-0.3, -0.25) is 20.0 Å². The Bertz CT molecular complexity index is 2650. The van der Waals surface area contributed by atoms with Gasteiger partial charge in [0.25, 0.3) is 0 Å². The molecule has 8 N–H and O–H groups in total. The van der Waals surface area contributed by atoms with Crippen molar-refractivity contribution in [3.8, 4) is 0 Å². The van der Waals surface area contributed by atoms with Crippen molar-refractivity contribution in [1.82, 2.24) is 9.97 Å². The van der Waals surface area contributed by atoms with Gasteiger partial charge in [-0.15, -0.1) is 0 Å². The van der Waals surface area contributed by atoms with E-state index in [-0.39, 0.29) is 13.1 Å². The minimum atomic E-state index is 0.194. The fourth-order valence-electron chi connectivity index (χ4n) is 8.53. The summed E-state index contributed by atoms with van der Waals surface area (Å²) in [4.78, 5) is 29.7. The Morgan fingerprint density at radius 3 is 0.606 bits per heavy atom. The van der Waals surface area contributed by atoms with Gasteiger partial charge < -0.3 is 22.9 Å². The average molecular weight is 1040 g/mol. The second-order valence-electron chi connectivity index (χ2n) is 18.7. The van der Waals surface area contributed by atoms with Gasteiger partial charge in [-0.25, -0.2) is 9.97 Å². The first-order valence-corrected chi connectivity index (χ1v) is 26.6. The predicted molar refractivity (Wildman–Crippen MR) is 307 cm³/mol. The van der Waals surface area contributed by atoms with Crippen molar-refractivity contribution in [3.05, 3.63) is 148 Å². The first kappa shape index (κ1) is 57.7. The molecule has 0 aliphatic rings. The zero-order valence-corrected chi connectivity index (χ0v) is 48.2. The molecule has 0 unspecified atom stereocenters. The number of rotatable bonds is 8. The normalized spacial score (nSPS) is 12.2. The molecule has 0 fully saturated rings. The Morgan fingerprint density at radius 1 is 0.324 bits per heavy atom. The van der Waals surface area contributed by atoms with Crippen LogP contribution in [0.4, 0.5) is 45.5 Å². The third-order valence-electron chi connectivity index (χ3n) is 14.7. The number of benzene rings is 4. The molecular formula is C58H74Cl2FeN10. The summed E-state index contributed by atoms with van der Waals surface area (Å²) in [7, 11) is 9.53. The second-order valence-corrected chi connectivity index (χ2v) is 20.5. The van der Waals surface area contributed by atoms with Crippen LogP contribution in [-0.4, -0.2) is 32.8 Å². The predicted octanol–water partition coefficient (Wildman–Crippen LogP) is 15.4. The molecule has 0 radical (unpaired) electrons. The Kier molecular flexibility index (Phi) is 19.6. The van der Waals surface area contributed by atoms with Gasteiger partial charge in [0.05, 0.1) is 68.4 Å². The number of pyridine rings is 2. The Hall–Kier alpha value is -5.84. The van der Waals surface area contributed by atoms with E-state index in [0.29, 0.717) is 0 Å². The molecule has 6 rings (SSSR count). The number of nitrogens with two attached hydrogens (primary N) is 4. The molecule has 0 aliphatic carbocycles. The van der Waals surface area contributed by atoms with Crippen LogP contribution in [0.25, 0.3) is 0 Å². The fraction of sp³-hybridized carbons (Fsp3) is 0.345. The monoisotopic (exact) mass is 1040 g/mol. The van der Waals surface area contributed by atoms with Gasteiger partial charge in [-0.2, -0.15) is 0 Å². The van der Waals surface area contributed by atoms with Crippen LogP contribution in [0, 0.1) is 111 Å². The maximum absolute atomic E-state index is 6.28. The van der Waals surface area contributed by atoms with Crippen LogP contribution >= 0.6 is 20.2 Å². The van der Waals surface area contributed by atoms with Gasteiger partial charge in [0.15, 0.2) is 0 Å². The molecule has 0 amide bonds. The quantitative estimate of drug-likeness (QED) is 0.0669. The first-order valence-electron chi connectivity index (χ1n) is 23.6. The van der Waals surface area contributed by atoms with Gasteiger partial charge in [-0.05, 0) is 252 Å².